The van der Waals surface area contributed by atoms with Crippen molar-refractivity contribution in [3.63, 3.8) is 0 Å². The molecule has 0 heterocycles. The highest BCUT2D eigenvalue weighted by molar-refractivity contribution is 5.92. The molecule has 0 atom stereocenters. The molecule has 0 aliphatic rings. The van der Waals surface area contributed by atoms with Crippen LogP contribution >= 0.6 is 0 Å². The summed E-state index contributed by atoms with van der Waals surface area (Å²) in [5.41, 5.74) is 4.84. The number of ether oxygens (including phenoxy) is 1. The molecular weight excluding hydrogens is 472 g/mol. The van der Waals surface area contributed by atoms with Crippen LogP contribution in [0.2, 0.25) is 0 Å². The van der Waals surface area contributed by atoms with E-state index < -0.39 is 0 Å². The first kappa shape index (κ1) is 31.3. The summed E-state index contributed by atoms with van der Waals surface area (Å²) in [4.78, 5) is 24.3. The number of nitrogens with zero attached hydrogens (tertiary/aromatic N) is 1. The fraction of sp³-hybridized carbons (Fsp3) is 0.545. The zero-order valence-electron chi connectivity index (χ0n) is 23.7. The molecule has 1 N–H and O–H groups in total. The summed E-state index contributed by atoms with van der Waals surface area (Å²) in [5, 5.41) is 4.05. The Kier molecular flexibility index (Phi) is 16.5. The molecule has 2 rings (SSSR count). The standard InChI is InChI=1S/C33H48N2O3/c1-3-4-5-6-7-8-9-10-11-12-13-14-15-16-17-22-32(36)35-34-27-29-23-25-30(26-24-29)38-33(37)31-21-19-18-20-28(31)2/h18-21,23-27H,3-17,22H2,1-2H3,(H,35,36)/b34-27-. The molecule has 0 radical (unpaired) electrons. The quantitative estimate of drug-likeness (QED) is 0.0623. The molecule has 5 heteroatoms. The molecule has 2 aromatic rings. The van der Waals surface area contributed by atoms with Gasteiger partial charge in [0, 0.05) is 6.42 Å². The van der Waals surface area contributed by atoms with Crippen molar-refractivity contribution < 1.29 is 14.3 Å². The number of nitrogens with one attached hydrogen (secondary N) is 1. The van der Waals surface area contributed by atoms with Crippen molar-refractivity contribution in [2.45, 2.75) is 117 Å². The van der Waals surface area contributed by atoms with Crippen LogP contribution in [-0.2, 0) is 4.79 Å². The number of esters is 1. The smallest absolute Gasteiger partial charge is 0.343 e. The first-order chi connectivity index (χ1) is 18.6. The third-order valence-corrected chi connectivity index (χ3v) is 6.87. The summed E-state index contributed by atoms with van der Waals surface area (Å²) in [5.74, 6) is 0.0305. The molecule has 0 aromatic heterocycles. The fourth-order valence-corrected chi connectivity index (χ4v) is 4.48. The Balaban J connectivity index is 1.46. The summed E-state index contributed by atoms with van der Waals surface area (Å²) in [6, 6.07) is 14.4. The second kappa shape index (κ2) is 20.1. The van der Waals surface area contributed by atoms with Crippen LogP contribution in [0.5, 0.6) is 5.75 Å². The monoisotopic (exact) mass is 520 g/mol. The lowest BCUT2D eigenvalue weighted by molar-refractivity contribution is -0.121. The van der Waals surface area contributed by atoms with Gasteiger partial charge in [-0.05, 0) is 54.8 Å². The molecule has 0 fully saturated rings. The van der Waals surface area contributed by atoms with E-state index in [0.29, 0.717) is 17.7 Å². The van der Waals surface area contributed by atoms with E-state index in [4.69, 9.17) is 4.74 Å². The van der Waals surface area contributed by atoms with Crippen LogP contribution in [0.1, 0.15) is 131 Å². The van der Waals surface area contributed by atoms with Gasteiger partial charge in [0.1, 0.15) is 5.75 Å². The number of aryl methyl sites for hydroxylation is 1. The number of carbonyl (C=O) groups is 2. The van der Waals surface area contributed by atoms with Gasteiger partial charge in [0.25, 0.3) is 0 Å². The second-order valence-electron chi connectivity index (χ2n) is 10.3. The number of rotatable bonds is 20. The van der Waals surface area contributed by atoms with Crippen LogP contribution in [0.25, 0.3) is 0 Å². The number of amides is 1. The van der Waals surface area contributed by atoms with Gasteiger partial charge in [-0.1, -0.05) is 115 Å². The van der Waals surface area contributed by atoms with Crippen LogP contribution in [0, 0.1) is 6.92 Å². The van der Waals surface area contributed by atoms with E-state index in [1.807, 2.05) is 25.1 Å². The van der Waals surface area contributed by atoms with Gasteiger partial charge < -0.3 is 4.74 Å². The van der Waals surface area contributed by atoms with Gasteiger partial charge in [0.05, 0.1) is 11.8 Å². The highest BCUT2D eigenvalue weighted by Gasteiger charge is 2.10. The van der Waals surface area contributed by atoms with Crippen molar-refractivity contribution in [3.8, 4) is 5.75 Å². The van der Waals surface area contributed by atoms with Crippen LogP contribution in [0.15, 0.2) is 53.6 Å². The molecular formula is C33H48N2O3. The number of carbonyl (C=O) groups excluding carboxylic acids is 2. The molecule has 0 spiro atoms. The van der Waals surface area contributed by atoms with E-state index in [-0.39, 0.29) is 11.9 Å². The molecule has 0 bridgehead atoms. The van der Waals surface area contributed by atoms with E-state index in [2.05, 4.69) is 17.5 Å². The highest BCUT2D eigenvalue weighted by Crippen LogP contribution is 2.16. The van der Waals surface area contributed by atoms with Gasteiger partial charge in [-0.3, -0.25) is 4.79 Å². The van der Waals surface area contributed by atoms with Crippen LogP contribution in [0.3, 0.4) is 0 Å². The zero-order chi connectivity index (χ0) is 27.3. The molecule has 1 amide bonds. The maximum absolute atomic E-state index is 12.3. The van der Waals surface area contributed by atoms with Crippen molar-refractivity contribution in [1.29, 1.82) is 0 Å². The maximum Gasteiger partial charge on any atom is 0.343 e. The average molecular weight is 521 g/mol. The van der Waals surface area contributed by atoms with Crippen molar-refractivity contribution in [3.05, 3.63) is 65.2 Å². The minimum atomic E-state index is -0.379. The third-order valence-electron chi connectivity index (χ3n) is 6.87. The second-order valence-corrected chi connectivity index (χ2v) is 10.3. The predicted octanol–water partition coefficient (Wildman–Crippen LogP) is 8.93. The average Bonchev–Trinajstić information content (AvgIpc) is 2.92. The van der Waals surface area contributed by atoms with Crippen LogP contribution in [0.4, 0.5) is 0 Å². The summed E-state index contributed by atoms with van der Waals surface area (Å²) in [6.07, 6.45) is 21.8. The summed E-state index contributed by atoms with van der Waals surface area (Å²) < 4.78 is 5.44. The number of hydrogen-bond donors (Lipinski definition) is 1. The lowest BCUT2D eigenvalue weighted by Gasteiger charge is -2.06. The minimum absolute atomic E-state index is 0.0558. The summed E-state index contributed by atoms with van der Waals surface area (Å²) in [7, 11) is 0. The molecule has 5 nitrogen and oxygen atoms in total. The first-order valence-corrected chi connectivity index (χ1v) is 14.8. The number of hydrogen-bond acceptors (Lipinski definition) is 4. The van der Waals surface area contributed by atoms with E-state index in [0.717, 1.165) is 24.0 Å². The van der Waals surface area contributed by atoms with E-state index in [1.54, 1.807) is 36.5 Å². The fourth-order valence-electron chi connectivity index (χ4n) is 4.48. The van der Waals surface area contributed by atoms with Gasteiger partial charge in [-0.25, -0.2) is 10.2 Å². The van der Waals surface area contributed by atoms with E-state index in [1.165, 1.54) is 83.5 Å². The highest BCUT2D eigenvalue weighted by atomic mass is 16.5. The molecule has 0 aliphatic heterocycles. The molecule has 2 aromatic carbocycles. The minimum Gasteiger partial charge on any atom is -0.423 e. The number of hydrazone groups is 1. The summed E-state index contributed by atoms with van der Waals surface area (Å²) >= 11 is 0. The lowest BCUT2D eigenvalue weighted by atomic mass is 10.0. The van der Waals surface area contributed by atoms with Crippen LogP contribution in [-0.4, -0.2) is 18.1 Å². The normalized spacial score (nSPS) is 11.1. The Morgan fingerprint density at radius 1 is 0.737 bits per heavy atom. The Morgan fingerprint density at radius 2 is 1.26 bits per heavy atom. The maximum atomic E-state index is 12.3. The van der Waals surface area contributed by atoms with Crippen LogP contribution < -0.4 is 10.2 Å². The van der Waals surface area contributed by atoms with Crippen molar-refractivity contribution in [1.82, 2.24) is 5.43 Å². The molecule has 208 valence electrons. The summed E-state index contributed by atoms with van der Waals surface area (Å²) in [6.45, 7) is 4.15. The molecule has 0 unspecified atom stereocenters. The zero-order valence-corrected chi connectivity index (χ0v) is 23.7. The Morgan fingerprint density at radius 3 is 1.82 bits per heavy atom. The Labute approximate surface area is 230 Å². The lowest BCUT2D eigenvalue weighted by Crippen LogP contribution is -2.16. The first-order valence-electron chi connectivity index (χ1n) is 14.8. The van der Waals surface area contributed by atoms with Gasteiger partial charge in [-0.15, -0.1) is 0 Å². The van der Waals surface area contributed by atoms with Gasteiger partial charge in [0.2, 0.25) is 5.91 Å². The van der Waals surface area contributed by atoms with Gasteiger partial charge in [0.15, 0.2) is 0 Å². The predicted molar refractivity (Wildman–Crippen MR) is 158 cm³/mol. The van der Waals surface area contributed by atoms with Crippen molar-refractivity contribution >= 4 is 18.1 Å². The molecule has 38 heavy (non-hydrogen) atoms. The number of benzene rings is 2. The SMILES string of the molecule is CCCCCCCCCCCCCCCCCC(=O)N/N=C\c1ccc(OC(=O)c2ccccc2C)cc1. The molecule has 0 saturated carbocycles. The Hall–Kier alpha value is -2.95. The molecule has 0 aliphatic carbocycles. The van der Waals surface area contributed by atoms with E-state index in [9.17, 15) is 9.59 Å². The van der Waals surface area contributed by atoms with Gasteiger partial charge >= 0.3 is 5.97 Å². The van der Waals surface area contributed by atoms with Crippen molar-refractivity contribution in [2.75, 3.05) is 0 Å². The largest absolute Gasteiger partial charge is 0.423 e. The van der Waals surface area contributed by atoms with Gasteiger partial charge in [-0.2, -0.15) is 5.10 Å². The topological polar surface area (TPSA) is 67.8 Å². The van der Waals surface area contributed by atoms with E-state index >= 15 is 0 Å². The third kappa shape index (κ3) is 14.1. The van der Waals surface area contributed by atoms with Crippen molar-refractivity contribution in [2.24, 2.45) is 5.10 Å². The Bertz CT molecular complexity index is 953. The number of unbranched alkanes of at least 4 members (excludes halogenated alkanes) is 14. The molecule has 0 saturated heterocycles.